The number of aliphatic hydroxyl groups is 3. The van der Waals surface area contributed by atoms with E-state index in [4.69, 9.17) is 21.5 Å². The lowest BCUT2D eigenvalue weighted by molar-refractivity contribution is -0.225. The zero-order chi connectivity index (χ0) is 22.4. The number of halogens is 1. The van der Waals surface area contributed by atoms with Gasteiger partial charge in [0, 0.05) is 11.6 Å². The van der Waals surface area contributed by atoms with Crippen LogP contribution in [-0.2, 0) is 11.2 Å². The monoisotopic (exact) mass is 456 g/mol. The highest BCUT2D eigenvalue weighted by atomic mass is 35.5. The van der Waals surface area contributed by atoms with Gasteiger partial charge in [-0.05, 0) is 54.0 Å². The van der Waals surface area contributed by atoms with Gasteiger partial charge in [0.05, 0.1) is 16.8 Å². The molecule has 0 radical (unpaired) electrons. The number of hydrogen-bond donors (Lipinski definition) is 4. The van der Waals surface area contributed by atoms with E-state index in [1.165, 1.54) is 18.4 Å². The van der Waals surface area contributed by atoms with Crippen molar-refractivity contribution in [1.29, 1.82) is 0 Å². The predicted molar refractivity (Wildman–Crippen MR) is 120 cm³/mol. The standard InChI is InChI=1S/C24H25ClN2O5/c25-17-2-1-3-18-20(17)16(10-13-4-6-14(7-5-13)15-8-9-15)12-27(18)24-23(30)22(29)21(28)19(32-24)11-26-31/h1-7,11-12,15,19,21-24,28-31H,8-10H2/t19-,21-,22+,23-,24-/m1/s1. The van der Waals surface area contributed by atoms with Crippen LogP contribution in [-0.4, -0.2) is 55.7 Å². The summed E-state index contributed by atoms with van der Waals surface area (Å²) in [4.78, 5) is 0. The summed E-state index contributed by atoms with van der Waals surface area (Å²) in [6.07, 6.45) is -0.393. The highest BCUT2D eigenvalue weighted by molar-refractivity contribution is 6.35. The fourth-order valence-electron chi connectivity index (χ4n) is 4.54. The van der Waals surface area contributed by atoms with Crippen LogP contribution in [0.25, 0.3) is 10.9 Å². The van der Waals surface area contributed by atoms with E-state index >= 15 is 0 Å². The van der Waals surface area contributed by atoms with Crippen molar-refractivity contribution in [2.75, 3.05) is 0 Å². The maximum absolute atomic E-state index is 10.7. The van der Waals surface area contributed by atoms with E-state index in [0.29, 0.717) is 17.4 Å². The van der Waals surface area contributed by atoms with Gasteiger partial charge in [0.15, 0.2) is 6.23 Å². The summed E-state index contributed by atoms with van der Waals surface area (Å²) >= 11 is 6.56. The molecule has 32 heavy (non-hydrogen) atoms. The number of nitrogens with zero attached hydrogens (tertiary/aromatic N) is 2. The molecule has 8 heteroatoms. The van der Waals surface area contributed by atoms with Gasteiger partial charge in [-0.25, -0.2) is 0 Å². The fourth-order valence-corrected chi connectivity index (χ4v) is 4.83. The molecule has 2 heterocycles. The average molecular weight is 457 g/mol. The highest BCUT2D eigenvalue weighted by Gasteiger charge is 2.44. The molecule has 7 nitrogen and oxygen atoms in total. The lowest BCUT2D eigenvalue weighted by Crippen LogP contribution is -2.55. The molecule has 3 aromatic rings. The summed E-state index contributed by atoms with van der Waals surface area (Å²) in [6, 6.07) is 14.1. The average Bonchev–Trinajstić information content (AvgIpc) is 3.58. The quantitative estimate of drug-likeness (QED) is 0.268. The Morgan fingerprint density at radius 3 is 2.47 bits per heavy atom. The van der Waals surface area contributed by atoms with Crippen molar-refractivity contribution in [3.05, 3.63) is 70.4 Å². The number of rotatable bonds is 5. The van der Waals surface area contributed by atoms with E-state index in [0.717, 1.165) is 28.2 Å². The molecule has 1 aromatic heterocycles. The Morgan fingerprint density at radius 2 is 1.78 bits per heavy atom. The smallest absolute Gasteiger partial charge is 0.163 e. The zero-order valence-corrected chi connectivity index (χ0v) is 18.0. The third-order valence-corrected chi connectivity index (χ3v) is 6.74. The molecule has 1 saturated heterocycles. The van der Waals surface area contributed by atoms with E-state index in [-0.39, 0.29) is 0 Å². The summed E-state index contributed by atoms with van der Waals surface area (Å²) in [7, 11) is 0. The molecular formula is C24H25ClN2O5. The van der Waals surface area contributed by atoms with Crippen molar-refractivity contribution in [3.8, 4) is 0 Å². The largest absolute Gasteiger partial charge is 0.411 e. The predicted octanol–water partition coefficient (Wildman–Crippen LogP) is 3.20. The first-order valence-electron chi connectivity index (χ1n) is 10.7. The lowest BCUT2D eigenvalue weighted by atomic mass is 9.98. The normalized spacial score (nSPS) is 28.6. The molecule has 4 N–H and O–H groups in total. The van der Waals surface area contributed by atoms with Crippen molar-refractivity contribution in [1.82, 2.24) is 4.57 Å². The van der Waals surface area contributed by atoms with Gasteiger partial charge in [0.25, 0.3) is 0 Å². The number of fused-ring (bicyclic) bond motifs is 1. The van der Waals surface area contributed by atoms with Crippen LogP contribution in [0.5, 0.6) is 0 Å². The van der Waals surface area contributed by atoms with Gasteiger partial charge in [-0.3, -0.25) is 0 Å². The number of aliphatic hydroxyl groups excluding tert-OH is 3. The van der Waals surface area contributed by atoms with Gasteiger partial charge in [-0.1, -0.05) is 47.1 Å². The maximum atomic E-state index is 10.7. The van der Waals surface area contributed by atoms with Crippen LogP contribution in [0.15, 0.2) is 53.8 Å². The fraction of sp³-hybridized carbons (Fsp3) is 0.375. The number of ether oxygens (including phenoxy) is 1. The van der Waals surface area contributed by atoms with Gasteiger partial charge >= 0.3 is 0 Å². The Morgan fingerprint density at radius 1 is 1.03 bits per heavy atom. The van der Waals surface area contributed by atoms with Crippen molar-refractivity contribution in [2.24, 2.45) is 5.16 Å². The summed E-state index contributed by atoms with van der Waals surface area (Å²) < 4.78 is 7.53. The second-order valence-electron chi connectivity index (χ2n) is 8.62. The number of aromatic nitrogens is 1. The molecule has 0 bridgehead atoms. The summed E-state index contributed by atoms with van der Waals surface area (Å²) in [5.41, 5.74) is 4.19. The first-order chi connectivity index (χ1) is 15.5. The van der Waals surface area contributed by atoms with Crippen molar-refractivity contribution >= 4 is 28.7 Å². The number of oxime groups is 1. The molecule has 1 saturated carbocycles. The van der Waals surface area contributed by atoms with Crippen molar-refractivity contribution < 1.29 is 25.3 Å². The molecule has 5 atom stereocenters. The minimum Gasteiger partial charge on any atom is -0.411 e. The van der Waals surface area contributed by atoms with Crippen LogP contribution in [0.2, 0.25) is 5.02 Å². The van der Waals surface area contributed by atoms with Gasteiger partial charge in [0.2, 0.25) is 0 Å². The summed E-state index contributed by atoms with van der Waals surface area (Å²) in [5.74, 6) is 0.697. The highest BCUT2D eigenvalue weighted by Crippen LogP contribution is 2.40. The first-order valence-corrected chi connectivity index (χ1v) is 11.1. The van der Waals surface area contributed by atoms with Gasteiger partial charge in [-0.15, -0.1) is 0 Å². The minimum atomic E-state index is -1.48. The summed E-state index contributed by atoms with van der Waals surface area (Å²) in [5, 5.41) is 44.4. The van der Waals surface area contributed by atoms with Gasteiger partial charge < -0.3 is 29.8 Å². The van der Waals surface area contributed by atoms with Crippen LogP contribution >= 0.6 is 11.6 Å². The van der Waals surface area contributed by atoms with Crippen molar-refractivity contribution in [3.63, 3.8) is 0 Å². The van der Waals surface area contributed by atoms with Crippen LogP contribution in [0.4, 0.5) is 0 Å². The lowest BCUT2D eigenvalue weighted by Gasteiger charge is -2.39. The molecule has 0 amide bonds. The Balaban J connectivity index is 1.53. The van der Waals surface area contributed by atoms with E-state index in [2.05, 4.69) is 29.4 Å². The Kier molecular flexibility index (Phi) is 5.69. The van der Waals surface area contributed by atoms with E-state index in [1.54, 1.807) is 4.57 Å². The molecular weight excluding hydrogens is 432 g/mol. The molecule has 5 rings (SSSR count). The Hall–Kier alpha value is -2.42. The Labute approximate surface area is 190 Å². The molecule has 0 unspecified atom stereocenters. The summed E-state index contributed by atoms with van der Waals surface area (Å²) in [6.45, 7) is 0. The molecule has 2 aromatic carbocycles. The molecule has 2 fully saturated rings. The topological polar surface area (TPSA) is 107 Å². The van der Waals surface area contributed by atoms with Gasteiger partial charge in [0.1, 0.15) is 24.4 Å². The third kappa shape index (κ3) is 3.80. The van der Waals surface area contributed by atoms with Crippen LogP contribution in [0, 0.1) is 0 Å². The maximum Gasteiger partial charge on any atom is 0.163 e. The number of benzene rings is 2. The van der Waals surface area contributed by atoms with Crippen LogP contribution in [0.1, 0.15) is 41.7 Å². The third-order valence-electron chi connectivity index (χ3n) is 6.42. The molecule has 2 aliphatic rings. The first kappa shape index (κ1) is 21.4. The second-order valence-corrected chi connectivity index (χ2v) is 9.02. The Bertz CT molecular complexity index is 1140. The SMILES string of the molecule is ON=C[C@H]1O[C@@H](n2cc(Cc3ccc(C4CC4)cc3)c3c(Cl)cccc32)[C@H](O)[C@@H](O)[C@@H]1O. The molecule has 0 spiro atoms. The van der Waals surface area contributed by atoms with E-state index < -0.39 is 30.6 Å². The zero-order valence-electron chi connectivity index (χ0n) is 17.3. The minimum absolute atomic E-state index is 0.574. The van der Waals surface area contributed by atoms with Gasteiger partial charge in [-0.2, -0.15) is 0 Å². The number of hydrogen-bond acceptors (Lipinski definition) is 6. The van der Waals surface area contributed by atoms with Crippen molar-refractivity contribution in [2.45, 2.75) is 55.8 Å². The molecule has 1 aliphatic carbocycles. The second kappa shape index (κ2) is 8.50. The molecule has 1 aliphatic heterocycles. The van der Waals surface area contributed by atoms with E-state index in [9.17, 15) is 15.3 Å². The van der Waals surface area contributed by atoms with Crippen LogP contribution in [0.3, 0.4) is 0 Å². The molecule has 168 valence electrons. The van der Waals surface area contributed by atoms with E-state index in [1.807, 2.05) is 24.4 Å². The van der Waals surface area contributed by atoms with Crippen LogP contribution < -0.4 is 0 Å².